The van der Waals surface area contributed by atoms with Crippen LogP contribution in [0.3, 0.4) is 0 Å². The molecule has 0 aliphatic carbocycles. The quantitative estimate of drug-likeness (QED) is 0.706. The highest BCUT2D eigenvalue weighted by atomic mass is 16.5. The third kappa shape index (κ3) is 3.19. The highest BCUT2D eigenvalue weighted by Crippen LogP contribution is 2.39. The molecule has 25 heavy (non-hydrogen) atoms. The lowest BCUT2D eigenvalue weighted by molar-refractivity contribution is -0.131. The lowest BCUT2D eigenvalue weighted by Crippen LogP contribution is -2.28. The highest BCUT2D eigenvalue weighted by Gasteiger charge is 2.41. The Morgan fingerprint density at radius 1 is 0.720 bits per heavy atom. The van der Waals surface area contributed by atoms with Crippen LogP contribution in [-0.4, -0.2) is 10.8 Å². The smallest absolute Gasteiger partial charge is 0.259 e. The van der Waals surface area contributed by atoms with Crippen LogP contribution < -0.4 is 0 Å². The van der Waals surface area contributed by atoms with Gasteiger partial charge in [-0.15, -0.1) is 0 Å². The van der Waals surface area contributed by atoms with Gasteiger partial charge >= 0.3 is 0 Å². The van der Waals surface area contributed by atoms with Gasteiger partial charge in [0.05, 0.1) is 0 Å². The summed E-state index contributed by atoms with van der Waals surface area (Å²) in [5.41, 5.74) is 2.98. The zero-order valence-electron chi connectivity index (χ0n) is 13.8. The maximum absolute atomic E-state index is 13.1. The summed E-state index contributed by atoms with van der Waals surface area (Å²) in [5.74, 6) is 0.00362. The molecular weight excluding hydrogens is 310 g/mol. The maximum Gasteiger partial charge on any atom is 0.259 e. The third-order valence-corrected chi connectivity index (χ3v) is 4.44. The lowest BCUT2D eigenvalue weighted by atomic mass is 10.1. The second kappa shape index (κ2) is 6.91. The molecule has 1 aliphatic rings. The summed E-state index contributed by atoms with van der Waals surface area (Å²) in [5, 5.41) is 0. The number of ether oxygens (including phenoxy) is 1. The average molecular weight is 329 g/mol. The minimum atomic E-state index is -0.560. The van der Waals surface area contributed by atoms with Crippen LogP contribution in [-0.2, 0) is 16.1 Å². The zero-order chi connectivity index (χ0) is 17.1. The zero-order valence-corrected chi connectivity index (χ0v) is 13.8. The van der Waals surface area contributed by atoms with Crippen LogP contribution in [0.2, 0.25) is 0 Å². The molecule has 1 amide bonds. The number of nitrogens with zero attached hydrogens (tertiary/aromatic N) is 1. The molecule has 1 fully saturated rings. The molecule has 0 saturated carbocycles. The van der Waals surface area contributed by atoms with Gasteiger partial charge in [0, 0.05) is 12.1 Å². The predicted octanol–water partition coefficient (Wildman–Crippen LogP) is 4.49. The van der Waals surface area contributed by atoms with Crippen molar-refractivity contribution in [3.63, 3.8) is 0 Å². The normalized spacial score (nSPS) is 20.0. The summed E-state index contributed by atoms with van der Waals surface area (Å²) in [6, 6.07) is 29.6. The Hall–Kier alpha value is -2.91. The Morgan fingerprint density at radius 3 is 1.84 bits per heavy atom. The first kappa shape index (κ1) is 15.6. The van der Waals surface area contributed by atoms with Gasteiger partial charge < -0.3 is 9.64 Å². The fourth-order valence-corrected chi connectivity index (χ4v) is 3.19. The lowest BCUT2D eigenvalue weighted by Gasteiger charge is -2.23. The van der Waals surface area contributed by atoms with Crippen molar-refractivity contribution >= 4 is 5.91 Å². The molecule has 4 rings (SSSR count). The summed E-state index contributed by atoms with van der Waals surface area (Å²) in [6.45, 7) is 0.530. The first-order chi connectivity index (χ1) is 12.3. The number of benzene rings is 3. The Kier molecular flexibility index (Phi) is 4.32. The predicted molar refractivity (Wildman–Crippen MR) is 96.4 cm³/mol. The summed E-state index contributed by atoms with van der Waals surface area (Å²) < 4.78 is 6.21. The van der Waals surface area contributed by atoms with E-state index in [2.05, 4.69) is 0 Å². The van der Waals surface area contributed by atoms with Crippen molar-refractivity contribution in [1.29, 1.82) is 0 Å². The second-order valence-corrected chi connectivity index (χ2v) is 6.14. The average Bonchev–Trinajstić information content (AvgIpc) is 3.01. The Bertz CT molecular complexity index is 834. The van der Waals surface area contributed by atoms with E-state index in [0.29, 0.717) is 6.54 Å². The molecular formula is C22H19NO2. The van der Waals surface area contributed by atoms with Crippen LogP contribution in [0.25, 0.3) is 0 Å². The molecule has 0 aromatic heterocycles. The minimum Gasteiger partial charge on any atom is -0.336 e. The molecule has 0 radical (unpaired) electrons. The molecule has 2 atom stereocenters. The van der Waals surface area contributed by atoms with Crippen LogP contribution in [0.5, 0.6) is 0 Å². The van der Waals surface area contributed by atoms with E-state index in [1.54, 1.807) is 0 Å². The van der Waals surface area contributed by atoms with E-state index in [4.69, 9.17) is 4.74 Å². The second-order valence-electron chi connectivity index (χ2n) is 6.14. The fraction of sp³-hybridized carbons (Fsp3) is 0.136. The summed E-state index contributed by atoms with van der Waals surface area (Å²) >= 11 is 0. The monoisotopic (exact) mass is 329 g/mol. The fourth-order valence-electron chi connectivity index (χ4n) is 3.19. The Labute approximate surface area is 147 Å². The van der Waals surface area contributed by atoms with Crippen LogP contribution in [0.1, 0.15) is 29.0 Å². The van der Waals surface area contributed by atoms with Crippen molar-refractivity contribution in [2.45, 2.75) is 18.9 Å². The summed E-state index contributed by atoms with van der Waals surface area (Å²) in [7, 11) is 0. The SMILES string of the molecule is O=C1[C@@H](c2ccccc2)O[C@@H](c2ccccc2)N1Cc1ccccc1. The van der Waals surface area contributed by atoms with Gasteiger partial charge in [-0.05, 0) is 11.1 Å². The van der Waals surface area contributed by atoms with Gasteiger partial charge in [-0.1, -0.05) is 91.0 Å². The van der Waals surface area contributed by atoms with Gasteiger partial charge in [0.15, 0.2) is 12.3 Å². The van der Waals surface area contributed by atoms with Crippen molar-refractivity contribution in [3.05, 3.63) is 108 Å². The topological polar surface area (TPSA) is 29.5 Å². The number of carbonyl (C=O) groups excluding carboxylic acids is 1. The van der Waals surface area contributed by atoms with E-state index >= 15 is 0 Å². The van der Waals surface area contributed by atoms with Crippen molar-refractivity contribution in [2.75, 3.05) is 0 Å². The first-order valence-corrected chi connectivity index (χ1v) is 8.43. The van der Waals surface area contributed by atoms with Crippen molar-refractivity contribution in [2.24, 2.45) is 0 Å². The van der Waals surface area contributed by atoms with E-state index in [9.17, 15) is 4.79 Å². The maximum atomic E-state index is 13.1. The van der Waals surface area contributed by atoms with E-state index in [1.165, 1.54) is 0 Å². The number of hydrogen-bond acceptors (Lipinski definition) is 2. The van der Waals surface area contributed by atoms with Crippen molar-refractivity contribution in [3.8, 4) is 0 Å². The standard InChI is InChI=1S/C22H19NO2/c24-21-20(18-12-6-2-7-13-18)25-22(19-14-8-3-9-15-19)23(21)16-17-10-4-1-5-11-17/h1-15,20,22H,16H2/t20-,22+/m1/s1. The number of rotatable bonds is 4. The van der Waals surface area contributed by atoms with Gasteiger partial charge in [-0.3, -0.25) is 4.79 Å². The molecule has 0 bridgehead atoms. The van der Waals surface area contributed by atoms with Crippen LogP contribution in [0.15, 0.2) is 91.0 Å². The van der Waals surface area contributed by atoms with Gasteiger partial charge in [-0.2, -0.15) is 0 Å². The van der Waals surface area contributed by atoms with Crippen LogP contribution >= 0.6 is 0 Å². The Morgan fingerprint density at radius 2 is 1.24 bits per heavy atom. The summed E-state index contributed by atoms with van der Waals surface area (Å²) in [6.07, 6.45) is -0.936. The molecule has 0 N–H and O–H groups in total. The van der Waals surface area contributed by atoms with E-state index < -0.39 is 6.10 Å². The number of hydrogen-bond donors (Lipinski definition) is 0. The first-order valence-electron chi connectivity index (χ1n) is 8.43. The van der Waals surface area contributed by atoms with E-state index in [0.717, 1.165) is 16.7 Å². The molecule has 124 valence electrons. The van der Waals surface area contributed by atoms with Gasteiger partial charge in [0.25, 0.3) is 5.91 Å². The molecule has 0 unspecified atom stereocenters. The third-order valence-electron chi connectivity index (χ3n) is 4.44. The van der Waals surface area contributed by atoms with Crippen molar-refractivity contribution < 1.29 is 9.53 Å². The van der Waals surface area contributed by atoms with E-state index in [-0.39, 0.29) is 12.1 Å². The minimum absolute atomic E-state index is 0.00362. The largest absolute Gasteiger partial charge is 0.336 e. The number of carbonyl (C=O) groups is 1. The van der Waals surface area contributed by atoms with Gasteiger partial charge in [0.1, 0.15) is 0 Å². The molecule has 3 aromatic rings. The molecule has 0 spiro atoms. The highest BCUT2D eigenvalue weighted by molar-refractivity contribution is 5.84. The molecule has 1 saturated heterocycles. The van der Waals surface area contributed by atoms with E-state index in [1.807, 2.05) is 95.9 Å². The molecule has 3 aromatic carbocycles. The Balaban J connectivity index is 1.68. The number of amides is 1. The van der Waals surface area contributed by atoms with Gasteiger partial charge in [-0.25, -0.2) is 0 Å². The molecule has 1 aliphatic heterocycles. The molecule has 1 heterocycles. The molecule has 3 heteroatoms. The summed E-state index contributed by atoms with van der Waals surface area (Å²) in [4.78, 5) is 14.9. The van der Waals surface area contributed by atoms with Crippen LogP contribution in [0, 0.1) is 0 Å². The van der Waals surface area contributed by atoms with Crippen LogP contribution in [0.4, 0.5) is 0 Å². The van der Waals surface area contributed by atoms with Gasteiger partial charge in [0.2, 0.25) is 0 Å². The molecule has 3 nitrogen and oxygen atoms in total. The van der Waals surface area contributed by atoms with Crippen molar-refractivity contribution in [1.82, 2.24) is 4.90 Å².